The zero-order chi connectivity index (χ0) is 11.8. The lowest BCUT2D eigenvalue weighted by molar-refractivity contribution is -0.140. The molecule has 0 aliphatic rings. The highest BCUT2D eigenvalue weighted by Gasteiger charge is 2.15. The molecule has 1 unspecified atom stereocenters. The molecule has 1 aromatic heterocycles. The minimum absolute atomic E-state index is 0.164. The summed E-state index contributed by atoms with van der Waals surface area (Å²) in [5, 5.41) is 11.7. The monoisotopic (exact) mass is 224 g/mol. The molecule has 1 aromatic rings. The van der Waals surface area contributed by atoms with E-state index in [2.05, 4.69) is 10.3 Å². The lowest BCUT2D eigenvalue weighted by atomic mass is 10.2. The summed E-state index contributed by atoms with van der Waals surface area (Å²) in [7, 11) is 1.48. The molecule has 0 saturated carbocycles. The number of carbonyl (C=O) groups is 1. The van der Waals surface area contributed by atoms with E-state index in [9.17, 15) is 4.79 Å². The topological polar surface area (TPSA) is 71.5 Å². The fourth-order valence-corrected chi connectivity index (χ4v) is 1.30. The molecule has 0 bridgehead atoms. The normalized spacial score (nSPS) is 12.3. The average Bonchev–Trinajstić information content (AvgIpc) is 2.29. The van der Waals surface area contributed by atoms with Gasteiger partial charge in [0.05, 0.1) is 6.61 Å². The second-order valence-electron chi connectivity index (χ2n) is 3.37. The largest absolute Gasteiger partial charge is 0.480 e. The van der Waals surface area contributed by atoms with Gasteiger partial charge in [0.1, 0.15) is 6.04 Å². The molecule has 2 N–H and O–H groups in total. The third-order valence-corrected chi connectivity index (χ3v) is 2.13. The Morgan fingerprint density at radius 3 is 3.00 bits per heavy atom. The number of pyridine rings is 1. The van der Waals surface area contributed by atoms with Crippen LogP contribution >= 0.6 is 0 Å². The number of nitrogens with one attached hydrogen (secondary N) is 1. The second-order valence-corrected chi connectivity index (χ2v) is 3.37. The quantitative estimate of drug-likeness (QED) is 0.697. The van der Waals surface area contributed by atoms with Gasteiger partial charge in [0.2, 0.25) is 0 Å². The van der Waals surface area contributed by atoms with Gasteiger partial charge in [-0.1, -0.05) is 6.07 Å². The molecule has 0 saturated heterocycles. The van der Waals surface area contributed by atoms with Crippen molar-refractivity contribution in [2.75, 3.05) is 20.3 Å². The van der Waals surface area contributed by atoms with E-state index in [0.29, 0.717) is 13.0 Å². The first-order valence-corrected chi connectivity index (χ1v) is 5.09. The number of aromatic nitrogens is 1. The first-order chi connectivity index (χ1) is 7.74. The molecule has 0 aliphatic heterocycles. The number of rotatable bonds is 7. The van der Waals surface area contributed by atoms with Crippen LogP contribution in [0.25, 0.3) is 0 Å². The lowest BCUT2D eigenvalue weighted by Crippen LogP contribution is -2.41. The molecular formula is C11H16N2O3. The minimum atomic E-state index is -0.900. The number of ether oxygens (including phenoxy) is 1. The number of methoxy groups -OCH3 is 1. The van der Waals surface area contributed by atoms with Gasteiger partial charge < -0.3 is 15.2 Å². The van der Waals surface area contributed by atoms with Crippen LogP contribution < -0.4 is 5.32 Å². The zero-order valence-corrected chi connectivity index (χ0v) is 9.22. The highest BCUT2D eigenvalue weighted by molar-refractivity contribution is 5.73. The van der Waals surface area contributed by atoms with E-state index in [1.807, 2.05) is 18.2 Å². The van der Waals surface area contributed by atoms with E-state index in [0.717, 1.165) is 5.69 Å². The van der Waals surface area contributed by atoms with E-state index in [4.69, 9.17) is 9.84 Å². The van der Waals surface area contributed by atoms with Crippen molar-refractivity contribution >= 4 is 5.97 Å². The Balaban J connectivity index is 2.31. The van der Waals surface area contributed by atoms with Crippen molar-refractivity contribution in [2.24, 2.45) is 0 Å². The molecule has 1 heterocycles. The van der Waals surface area contributed by atoms with E-state index in [1.54, 1.807) is 6.20 Å². The van der Waals surface area contributed by atoms with Gasteiger partial charge in [-0.25, -0.2) is 0 Å². The molecule has 5 nitrogen and oxygen atoms in total. The Bertz CT molecular complexity index is 316. The summed E-state index contributed by atoms with van der Waals surface area (Å²) in [5.74, 6) is -0.900. The van der Waals surface area contributed by atoms with Gasteiger partial charge in [0, 0.05) is 32.0 Å². The third-order valence-electron chi connectivity index (χ3n) is 2.13. The second kappa shape index (κ2) is 6.92. The first-order valence-electron chi connectivity index (χ1n) is 5.09. The van der Waals surface area contributed by atoms with Crippen molar-refractivity contribution in [1.29, 1.82) is 0 Å². The number of carboxylic acid groups (broad SMARTS) is 1. The predicted octanol–water partition coefficient (Wildman–Crippen LogP) is 0.313. The summed E-state index contributed by atoms with van der Waals surface area (Å²) in [6.45, 7) is 0.731. The van der Waals surface area contributed by atoms with Crippen LogP contribution in [0.3, 0.4) is 0 Å². The number of hydrogen-bond donors (Lipinski definition) is 2. The van der Waals surface area contributed by atoms with E-state index < -0.39 is 12.0 Å². The van der Waals surface area contributed by atoms with Crippen molar-refractivity contribution in [1.82, 2.24) is 10.3 Å². The molecule has 0 amide bonds. The molecule has 0 radical (unpaired) electrons. The molecule has 88 valence electrons. The fourth-order valence-electron chi connectivity index (χ4n) is 1.30. The van der Waals surface area contributed by atoms with Gasteiger partial charge in [-0.15, -0.1) is 0 Å². The smallest absolute Gasteiger partial charge is 0.323 e. The SMILES string of the molecule is COCC(NCCc1ccccn1)C(=O)O. The number of nitrogens with zero attached hydrogens (tertiary/aromatic N) is 1. The number of hydrogen-bond acceptors (Lipinski definition) is 4. The van der Waals surface area contributed by atoms with Crippen LogP contribution in [0.4, 0.5) is 0 Å². The van der Waals surface area contributed by atoms with Crippen molar-refractivity contribution in [2.45, 2.75) is 12.5 Å². The summed E-state index contributed by atoms with van der Waals surface area (Å²) < 4.78 is 4.81. The highest BCUT2D eigenvalue weighted by atomic mass is 16.5. The van der Waals surface area contributed by atoms with Gasteiger partial charge in [0.15, 0.2) is 0 Å². The Morgan fingerprint density at radius 1 is 1.62 bits per heavy atom. The Kier molecular flexibility index (Phi) is 5.45. The summed E-state index contributed by atoms with van der Waals surface area (Å²) in [4.78, 5) is 14.9. The number of aliphatic carboxylic acids is 1. The van der Waals surface area contributed by atoms with Crippen LogP contribution in [0, 0.1) is 0 Å². The Hall–Kier alpha value is -1.46. The first kappa shape index (κ1) is 12.6. The average molecular weight is 224 g/mol. The molecule has 1 atom stereocenters. The van der Waals surface area contributed by atoms with Crippen molar-refractivity contribution in [3.63, 3.8) is 0 Å². The molecule has 16 heavy (non-hydrogen) atoms. The maximum absolute atomic E-state index is 10.8. The lowest BCUT2D eigenvalue weighted by Gasteiger charge is -2.12. The summed E-state index contributed by atoms with van der Waals surface area (Å²) >= 11 is 0. The van der Waals surface area contributed by atoms with Crippen LogP contribution in [0.15, 0.2) is 24.4 Å². The Morgan fingerprint density at radius 2 is 2.44 bits per heavy atom. The molecule has 0 spiro atoms. The zero-order valence-electron chi connectivity index (χ0n) is 9.22. The van der Waals surface area contributed by atoms with Crippen molar-refractivity contribution < 1.29 is 14.6 Å². The third kappa shape index (κ3) is 4.37. The molecular weight excluding hydrogens is 208 g/mol. The van der Waals surface area contributed by atoms with Gasteiger partial charge in [-0.05, 0) is 12.1 Å². The minimum Gasteiger partial charge on any atom is -0.480 e. The van der Waals surface area contributed by atoms with Crippen LogP contribution in [0.5, 0.6) is 0 Å². The van der Waals surface area contributed by atoms with Crippen molar-refractivity contribution in [3.8, 4) is 0 Å². The highest BCUT2D eigenvalue weighted by Crippen LogP contribution is 1.94. The summed E-state index contributed by atoms with van der Waals surface area (Å²) in [6.07, 6.45) is 2.42. The van der Waals surface area contributed by atoms with Crippen molar-refractivity contribution in [3.05, 3.63) is 30.1 Å². The van der Waals surface area contributed by atoms with Crippen LogP contribution in [-0.2, 0) is 16.0 Å². The Labute approximate surface area is 94.5 Å². The van der Waals surface area contributed by atoms with Gasteiger partial charge in [0.25, 0.3) is 0 Å². The number of carboxylic acids is 1. The predicted molar refractivity (Wildman–Crippen MR) is 59.2 cm³/mol. The van der Waals surface area contributed by atoms with Crippen LogP contribution in [0.1, 0.15) is 5.69 Å². The molecule has 0 aliphatic carbocycles. The maximum Gasteiger partial charge on any atom is 0.323 e. The van der Waals surface area contributed by atoms with Crippen LogP contribution in [0.2, 0.25) is 0 Å². The maximum atomic E-state index is 10.8. The summed E-state index contributed by atoms with van der Waals surface area (Å²) in [6, 6.07) is 5.01. The fraction of sp³-hybridized carbons (Fsp3) is 0.455. The molecule has 5 heteroatoms. The van der Waals surface area contributed by atoms with E-state index in [1.165, 1.54) is 7.11 Å². The molecule has 0 fully saturated rings. The standard InChI is InChI=1S/C11H16N2O3/c1-16-8-10(11(14)15)13-7-5-9-4-2-3-6-12-9/h2-4,6,10,13H,5,7-8H2,1H3,(H,14,15). The van der Waals surface area contributed by atoms with Gasteiger partial charge in [-0.2, -0.15) is 0 Å². The van der Waals surface area contributed by atoms with Gasteiger partial charge >= 0.3 is 5.97 Å². The van der Waals surface area contributed by atoms with E-state index >= 15 is 0 Å². The molecule has 1 rings (SSSR count). The summed E-state index contributed by atoms with van der Waals surface area (Å²) in [5.41, 5.74) is 0.941. The molecule has 0 aromatic carbocycles. The van der Waals surface area contributed by atoms with E-state index in [-0.39, 0.29) is 6.61 Å². The van der Waals surface area contributed by atoms with Crippen LogP contribution in [-0.4, -0.2) is 42.4 Å². The van der Waals surface area contributed by atoms with Gasteiger partial charge in [-0.3, -0.25) is 9.78 Å².